The fourth-order valence-electron chi connectivity index (χ4n) is 2.22. The highest BCUT2D eigenvalue weighted by molar-refractivity contribution is 5.94. The van der Waals surface area contributed by atoms with E-state index in [9.17, 15) is 9.90 Å². The Morgan fingerprint density at radius 3 is 2.61 bits per heavy atom. The second kappa shape index (κ2) is 5.98. The molecule has 2 N–H and O–H groups in total. The third-order valence-corrected chi connectivity index (χ3v) is 3.37. The summed E-state index contributed by atoms with van der Waals surface area (Å²) >= 11 is 0. The molecule has 1 heterocycles. The predicted octanol–water partition coefficient (Wildman–Crippen LogP) is 1.17. The molecule has 0 unspecified atom stereocenters. The lowest BCUT2D eigenvalue weighted by atomic mass is 10.1. The van der Waals surface area contributed by atoms with Crippen LogP contribution in [-0.2, 0) is 6.61 Å². The Balaban J connectivity index is 2.05. The molecule has 18 heavy (non-hydrogen) atoms. The fourth-order valence-corrected chi connectivity index (χ4v) is 2.22. The molecule has 1 aliphatic rings. The largest absolute Gasteiger partial charge is 0.393 e. The van der Waals surface area contributed by atoms with Gasteiger partial charge >= 0.3 is 0 Å². The molecule has 0 radical (unpaired) electrons. The summed E-state index contributed by atoms with van der Waals surface area (Å²) in [6.45, 7) is 1.31. The Kier molecular flexibility index (Phi) is 4.33. The minimum atomic E-state index is -0.278. The molecule has 4 heteroatoms. The van der Waals surface area contributed by atoms with Crippen molar-refractivity contribution in [3.63, 3.8) is 0 Å². The van der Waals surface area contributed by atoms with Crippen molar-refractivity contribution in [1.82, 2.24) is 4.90 Å². The van der Waals surface area contributed by atoms with Gasteiger partial charge in [0.1, 0.15) is 0 Å². The number of hydrogen-bond donors (Lipinski definition) is 2. The summed E-state index contributed by atoms with van der Waals surface area (Å²) in [5.74, 6) is 0.00795. The molecule has 2 rings (SSSR count). The minimum Gasteiger partial charge on any atom is -0.393 e. The van der Waals surface area contributed by atoms with Crippen LogP contribution in [0.1, 0.15) is 35.2 Å². The van der Waals surface area contributed by atoms with Gasteiger partial charge in [0.25, 0.3) is 5.91 Å². The molecule has 98 valence electrons. The SMILES string of the molecule is O=C(c1ccc(CO)cc1)N1CCC[C@@H](O)CC1. The van der Waals surface area contributed by atoms with Crippen LogP contribution in [0, 0.1) is 0 Å². The van der Waals surface area contributed by atoms with Crippen molar-refractivity contribution in [2.45, 2.75) is 32.0 Å². The van der Waals surface area contributed by atoms with Crippen LogP contribution >= 0.6 is 0 Å². The lowest BCUT2D eigenvalue weighted by Gasteiger charge is -2.20. The third kappa shape index (κ3) is 3.09. The minimum absolute atomic E-state index is 0.00795. The summed E-state index contributed by atoms with van der Waals surface area (Å²) in [6, 6.07) is 7.02. The first-order valence-corrected chi connectivity index (χ1v) is 6.38. The van der Waals surface area contributed by atoms with E-state index in [1.807, 2.05) is 0 Å². The van der Waals surface area contributed by atoms with E-state index in [1.165, 1.54) is 0 Å². The first kappa shape index (κ1) is 13.1. The lowest BCUT2D eigenvalue weighted by molar-refractivity contribution is 0.0753. The molecule has 0 aromatic heterocycles. The molecule has 1 aliphatic heterocycles. The van der Waals surface area contributed by atoms with Gasteiger partial charge in [0, 0.05) is 18.7 Å². The highest BCUT2D eigenvalue weighted by Crippen LogP contribution is 2.14. The molecular formula is C14H19NO3. The van der Waals surface area contributed by atoms with Gasteiger partial charge in [-0.3, -0.25) is 4.79 Å². The number of benzene rings is 1. The number of carbonyl (C=O) groups excluding carboxylic acids is 1. The average Bonchev–Trinajstić information content (AvgIpc) is 2.63. The summed E-state index contributed by atoms with van der Waals surface area (Å²) in [6.07, 6.45) is 1.99. The number of nitrogens with zero attached hydrogens (tertiary/aromatic N) is 1. The van der Waals surface area contributed by atoms with E-state index in [0.717, 1.165) is 18.4 Å². The molecular weight excluding hydrogens is 230 g/mol. The van der Waals surface area contributed by atoms with Gasteiger partial charge in [-0.1, -0.05) is 12.1 Å². The van der Waals surface area contributed by atoms with Gasteiger partial charge in [0.05, 0.1) is 12.7 Å². The van der Waals surface area contributed by atoms with E-state index in [2.05, 4.69) is 0 Å². The van der Waals surface area contributed by atoms with E-state index in [0.29, 0.717) is 25.1 Å². The monoisotopic (exact) mass is 249 g/mol. The van der Waals surface area contributed by atoms with E-state index >= 15 is 0 Å². The molecule has 0 aliphatic carbocycles. The molecule has 0 bridgehead atoms. The fraction of sp³-hybridized carbons (Fsp3) is 0.500. The Morgan fingerprint density at radius 1 is 1.22 bits per heavy atom. The Bertz CT molecular complexity index is 402. The van der Waals surface area contributed by atoms with Crippen molar-refractivity contribution in [2.75, 3.05) is 13.1 Å². The van der Waals surface area contributed by atoms with Crippen LogP contribution in [0.4, 0.5) is 0 Å². The number of rotatable bonds is 2. The molecule has 4 nitrogen and oxygen atoms in total. The van der Waals surface area contributed by atoms with Crippen LogP contribution in [0.2, 0.25) is 0 Å². The van der Waals surface area contributed by atoms with Gasteiger partial charge < -0.3 is 15.1 Å². The molecule has 1 amide bonds. The summed E-state index contributed by atoms with van der Waals surface area (Å²) in [5.41, 5.74) is 1.45. The standard InChI is InChI=1S/C14H19NO3/c16-10-11-3-5-12(6-4-11)14(18)15-8-1-2-13(17)7-9-15/h3-6,13,16-17H,1-2,7-10H2/t13-/m1/s1. The molecule has 1 aromatic rings. The number of hydrogen-bond acceptors (Lipinski definition) is 3. The van der Waals surface area contributed by atoms with Crippen LogP contribution in [0.15, 0.2) is 24.3 Å². The smallest absolute Gasteiger partial charge is 0.253 e. The van der Waals surface area contributed by atoms with Gasteiger partial charge in [0.2, 0.25) is 0 Å². The first-order chi connectivity index (χ1) is 8.70. The van der Waals surface area contributed by atoms with Crippen LogP contribution in [0.3, 0.4) is 0 Å². The van der Waals surface area contributed by atoms with E-state index in [1.54, 1.807) is 29.2 Å². The number of aliphatic hydroxyl groups is 2. The zero-order chi connectivity index (χ0) is 13.0. The van der Waals surface area contributed by atoms with Crippen molar-refractivity contribution in [3.05, 3.63) is 35.4 Å². The van der Waals surface area contributed by atoms with Crippen molar-refractivity contribution in [2.24, 2.45) is 0 Å². The summed E-state index contributed by atoms with van der Waals surface area (Å²) in [7, 11) is 0. The van der Waals surface area contributed by atoms with E-state index in [4.69, 9.17) is 5.11 Å². The molecule has 1 atom stereocenters. The lowest BCUT2D eigenvalue weighted by Crippen LogP contribution is -2.32. The molecule has 0 spiro atoms. The number of aliphatic hydroxyl groups excluding tert-OH is 2. The highest BCUT2D eigenvalue weighted by atomic mass is 16.3. The molecule has 1 fully saturated rings. The zero-order valence-corrected chi connectivity index (χ0v) is 10.4. The zero-order valence-electron chi connectivity index (χ0n) is 10.4. The predicted molar refractivity (Wildman–Crippen MR) is 68.1 cm³/mol. The molecule has 1 saturated heterocycles. The quantitative estimate of drug-likeness (QED) is 0.827. The maximum absolute atomic E-state index is 12.2. The maximum Gasteiger partial charge on any atom is 0.253 e. The maximum atomic E-state index is 12.2. The Morgan fingerprint density at radius 2 is 1.94 bits per heavy atom. The second-order valence-electron chi connectivity index (χ2n) is 4.73. The van der Waals surface area contributed by atoms with Gasteiger partial charge in [-0.05, 0) is 37.0 Å². The van der Waals surface area contributed by atoms with Crippen molar-refractivity contribution < 1.29 is 15.0 Å². The summed E-state index contributed by atoms with van der Waals surface area (Å²) < 4.78 is 0. The van der Waals surface area contributed by atoms with Crippen LogP contribution in [0.25, 0.3) is 0 Å². The Hall–Kier alpha value is -1.39. The summed E-state index contributed by atoms with van der Waals surface area (Å²) in [5, 5.41) is 18.5. The molecule has 0 saturated carbocycles. The topological polar surface area (TPSA) is 60.8 Å². The number of carbonyl (C=O) groups is 1. The Labute approximate surface area is 107 Å². The normalized spacial score (nSPS) is 20.6. The highest BCUT2D eigenvalue weighted by Gasteiger charge is 2.20. The van der Waals surface area contributed by atoms with Gasteiger partial charge in [-0.2, -0.15) is 0 Å². The third-order valence-electron chi connectivity index (χ3n) is 3.37. The van der Waals surface area contributed by atoms with Crippen molar-refractivity contribution >= 4 is 5.91 Å². The van der Waals surface area contributed by atoms with Gasteiger partial charge in [-0.25, -0.2) is 0 Å². The van der Waals surface area contributed by atoms with Gasteiger partial charge in [0.15, 0.2) is 0 Å². The van der Waals surface area contributed by atoms with Gasteiger partial charge in [-0.15, -0.1) is 0 Å². The van der Waals surface area contributed by atoms with Crippen molar-refractivity contribution in [3.8, 4) is 0 Å². The first-order valence-electron chi connectivity index (χ1n) is 6.38. The second-order valence-corrected chi connectivity index (χ2v) is 4.73. The average molecular weight is 249 g/mol. The van der Waals surface area contributed by atoms with Crippen LogP contribution in [0.5, 0.6) is 0 Å². The number of amides is 1. The molecule has 1 aromatic carbocycles. The van der Waals surface area contributed by atoms with Crippen LogP contribution < -0.4 is 0 Å². The van der Waals surface area contributed by atoms with E-state index < -0.39 is 0 Å². The van der Waals surface area contributed by atoms with Crippen molar-refractivity contribution in [1.29, 1.82) is 0 Å². The number of likely N-dealkylation sites (tertiary alicyclic amines) is 1. The van der Waals surface area contributed by atoms with Crippen LogP contribution in [-0.4, -0.2) is 40.2 Å². The summed E-state index contributed by atoms with van der Waals surface area (Å²) in [4.78, 5) is 14.0. The van der Waals surface area contributed by atoms with E-state index in [-0.39, 0.29) is 18.6 Å².